The van der Waals surface area contributed by atoms with Crippen LogP contribution in [-0.4, -0.2) is 30.3 Å². The average molecular weight is 242 g/mol. The molecule has 0 amide bonds. The van der Waals surface area contributed by atoms with Crippen molar-refractivity contribution >= 4 is 11.6 Å². The molecule has 6 nitrogen and oxygen atoms in total. The number of aliphatic hydroxyl groups excluding tert-OH is 1. The van der Waals surface area contributed by atoms with E-state index >= 15 is 0 Å². The molecule has 2 N–H and O–H groups in total. The van der Waals surface area contributed by atoms with Crippen LogP contribution in [-0.2, 0) is 13.5 Å². The maximum atomic E-state index is 9.90. The highest BCUT2D eigenvalue weighted by Gasteiger charge is 2.18. The normalized spacial score (nSPS) is 13.0. The standard InChI is InChI=1S/C9H12ClN5O/c1-5-9(10)7(15(2)13-5)3-8(16)6-4-11-14-12-6/h4,8,16H,3H2,1-2H3,(H,11,12,14). The van der Waals surface area contributed by atoms with Gasteiger partial charge in [0.25, 0.3) is 0 Å². The molecule has 2 rings (SSSR count). The van der Waals surface area contributed by atoms with Gasteiger partial charge in [-0.1, -0.05) is 11.6 Å². The minimum atomic E-state index is -0.731. The van der Waals surface area contributed by atoms with Crippen molar-refractivity contribution in [2.45, 2.75) is 19.4 Å². The highest BCUT2D eigenvalue weighted by molar-refractivity contribution is 6.31. The summed E-state index contributed by atoms with van der Waals surface area (Å²) in [6.07, 6.45) is 1.12. The molecular formula is C9H12ClN5O. The third-order valence-corrected chi connectivity index (χ3v) is 2.92. The van der Waals surface area contributed by atoms with E-state index in [1.54, 1.807) is 11.7 Å². The van der Waals surface area contributed by atoms with Crippen LogP contribution in [0.1, 0.15) is 23.2 Å². The highest BCUT2D eigenvalue weighted by Crippen LogP contribution is 2.24. The summed E-state index contributed by atoms with van der Waals surface area (Å²) in [5, 5.41) is 24.6. The monoisotopic (exact) mass is 241 g/mol. The zero-order valence-corrected chi connectivity index (χ0v) is 9.73. The molecule has 0 radical (unpaired) electrons. The second-order valence-electron chi connectivity index (χ2n) is 3.58. The second kappa shape index (κ2) is 4.23. The lowest BCUT2D eigenvalue weighted by molar-refractivity contribution is 0.171. The summed E-state index contributed by atoms with van der Waals surface area (Å²) in [4.78, 5) is 0. The van der Waals surface area contributed by atoms with Crippen LogP contribution in [0.25, 0.3) is 0 Å². The van der Waals surface area contributed by atoms with Crippen molar-refractivity contribution in [2.75, 3.05) is 0 Å². The van der Waals surface area contributed by atoms with Crippen molar-refractivity contribution in [3.8, 4) is 0 Å². The van der Waals surface area contributed by atoms with Gasteiger partial charge in [-0.2, -0.15) is 20.5 Å². The van der Waals surface area contributed by atoms with E-state index in [4.69, 9.17) is 11.6 Å². The van der Waals surface area contributed by atoms with Gasteiger partial charge in [0.2, 0.25) is 0 Å². The summed E-state index contributed by atoms with van der Waals surface area (Å²) in [7, 11) is 1.80. The number of H-pyrrole nitrogens is 1. The molecule has 86 valence electrons. The molecule has 0 bridgehead atoms. The number of hydrogen-bond donors (Lipinski definition) is 2. The zero-order valence-electron chi connectivity index (χ0n) is 8.98. The molecule has 0 fully saturated rings. The summed E-state index contributed by atoms with van der Waals surface area (Å²) in [5.41, 5.74) is 2.04. The van der Waals surface area contributed by atoms with Crippen LogP contribution in [0.5, 0.6) is 0 Å². The Bertz CT molecular complexity index is 478. The van der Waals surface area contributed by atoms with Crippen molar-refractivity contribution in [2.24, 2.45) is 7.05 Å². The van der Waals surface area contributed by atoms with Crippen LogP contribution in [0, 0.1) is 6.92 Å². The van der Waals surface area contributed by atoms with Crippen LogP contribution in [0.2, 0.25) is 5.02 Å². The zero-order chi connectivity index (χ0) is 11.7. The fraction of sp³-hybridized carbons (Fsp3) is 0.444. The molecule has 2 heterocycles. The molecule has 0 aromatic carbocycles. The van der Waals surface area contributed by atoms with E-state index in [0.29, 0.717) is 17.1 Å². The van der Waals surface area contributed by atoms with Gasteiger partial charge in [0.1, 0.15) is 11.8 Å². The fourth-order valence-corrected chi connectivity index (χ4v) is 1.80. The molecule has 7 heteroatoms. The molecule has 0 spiro atoms. The highest BCUT2D eigenvalue weighted by atomic mass is 35.5. The van der Waals surface area contributed by atoms with Crippen molar-refractivity contribution < 1.29 is 5.11 Å². The topological polar surface area (TPSA) is 79.6 Å². The quantitative estimate of drug-likeness (QED) is 0.832. The first-order chi connectivity index (χ1) is 7.59. The Morgan fingerprint density at radius 2 is 2.38 bits per heavy atom. The first-order valence-electron chi connectivity index (χ1n) is 4.81. The lowest BCUT2D eigenvalue weighted by Crippen LogP contribution is -2.07. The summed E-state index contributed by atoms with van der Waals surface area (Å²) >= 11 is 6.08. The van der Waals surface area contributed by atoms with Crippen LogP contribution in [0.3, 0.4) is 0 Å². The molecule has 0 aliphatic carbocycles. The number of nitrogens with one attached hydrogen (secondary N) is 1. The number of halogens is 1. The third-order valence-electron chi connectivity index (χ3n) is 2.42. The Balaban J connectivity index is 2.21. The molecule has 0 saturated carbocycles. The summed E-state index contributed by atoms with van der Waals surface area (Å²) in [5.74, 6) is 0. The Morgan fingerprint density at radius 1 is 1.62 bits per heavy atom. The Kier molecular flexibility index (Phi) is 2.93. The minimum absolute atomic E-state index is 0.364. The Labute approximate surface area is 97.2 Å². The van der Waals surface area contributed by atoms with Gasteiger partial charge in [-0.05, 0) is 6.92 Å². The van der Waals surface area contributed by atoms with Crippen LogP contribution < -0.4 is 0 Å². The predicted octanol–water partition coefficient (Wildman–Crippen LogP) is 0.776. The lowest BCUT2D eigenvalue weighted by atomic mass is 10.1. The van der Waals surface area contributed by atoms with Crippen molar-refractivity contribution in [1.29, 1.82) is 0 Å². The number of nitrogens with zero attached hydrogens (tertiary/aromatic N) is 4. The van der Waals surface area contributed by atoms with Crippen LogP contribution in [0.4, 0.5) is 0 Å². The molecule has 0 aliphatic heterocycles. The molecule has 1 atom stereocenters. The van der Waals surface area contributed by atoms with Crippen molar-refractivity contribution in [3.05, 3.63) is 28.3 Å². The van der Waals surface area contributed by atoms with E-state index in [-0.39, 0.29) is 0 Å². The molecule has 16 heavy (non-hydrogen) atoms. The van der Waals surface area contributed by atoms with Gasteiger partial charge < -0.3 is 5.11 Å². The maximum absolute atomic E-state index is 9.90. The Morgan fingerprint density at radius 3 is 2.88 bits per heavy atom. The van der Waals surface area contributed by atoms with Crippen molar-refractivity contribution in [1.82, 2.24) is 25.2 Å². The lowest BCUT2D eigenvalue weighted by Gasteiger charge is -2.07. The van der Waals surface area contributed by atoms with Gasteiger partial charge in [0, 0.05) is 13.5 Å². The van der Waals surface area contributed by atoms with Gasteiger partial charge in [-0.3, -0.25) is 4.68 Å². The Hall–Kier alpha value is -1.40. The van der Waals surface area contributed by atoms with E-state index in [0.717, 1.165) is 11.4 Å². The van der Waals surface area contributed by atoms with E-state index in [2.05, 4.69) is 20.5 Å². The largest absolute Gasteiger partial charge is 0.386 e. The number of aryl methyl sites for hydroxylation is 2. The van der Waals surface area contributed by atoms with Gasteiger partial charge in [-0.25, -0.2) is 0 Å². The number of aliphatic hydroxyl groups is 1. The molecule has 2 aromatic heterocycles. The van der Waals surface area contributed by atoms with Crippen LogP contribution >= 0.6 is 11.6 Å². The third kappa shape index (κ3) is 1.94. The predicted molar refractivity (Wildman–Crippen MR) is 58.0 cm³/mol. The van der Waals surface area contributed by atoms with Gasteiger partial charge in [-0.15, -0.1) is 0 Å². The molecule has 2 aromatic rings. The van der Waals surface area contributed by atoms with Crippen molar-refractivity contribution in [3.63, 3.8) is 0 Å². The smallest absolute Gasteiger partial charge is 0.111 e. The number of aromatic nitrogens is 5. The van der Waals surface area contributed by atoms with E-state index in [1.165, 1.54) is 6.20 Å². The fourth-order valence-electron chi connectivity index (χ4n) is 1.56. The minimum Gasteiger partial charge on any atom is -0.386 e. The molecular weight excluding hydrogens is 230 g/mol. The van der Waals surface area contributed by atoms with Gasteiger partial charge >= 0.3 is 0 Å². The first kappa shape index (κ1) is 11.1. The second-order valence-corrected chi connectivity index (χ2v) is 3.96. The number of rotatable bonds is 3. The summed E-state index contributed by atoms with van der Waals surface area (Å²) < 4.78 is 1.67. The van der Waals surface area contributed by atoms with E-state index < -0.39 is 6.10 Å². The van der Waals surface area contributed by atoms with Crippen LogP contribution in [0.15, 0.2) is 6.20 Å². The molecule has 0 saturated heterocycles. The SMILES string of the molecule is Cc1nn(C)c(CC(O)c2cn[nH]n2)c1Cl. The molecule has 0 aliphatic rings. The summed E-state index contributed by atoms with van der Waals surface area (Å²) in [6.45, 7) is 1.83. The maximum Gasteiger partial charge on any atom is 0.111 e. The average Bonchev–Trinajstić information content (AvgIpc) is 2.83. The number of hydrogen-bond acceptors (Lipinski definition) is 4. The number of aromatic amines is 1. The first-order valence-corrected chi connectivity index (χ1v) is 5.19. The summed E-state index contributed by atoms with van der Waals surface area (Å²) in [6, 6.07) is 0. The van der Waals surface area contributed by atoms with Gasteiger partial charge in [0.05, 0.1) is 22.6 Å². The van der Waals surface area contributed by atoms with E-state index in [9.17, 15) is 5.11 Å². The van der Waals surface area contributed by atoms with E-state index in [1.807, 2.05) is 6.92 Å². The van der Waals surface area contributed by atoms with Gasteiger partial charge in [0.15, 0.2) is 0 Å². The molecule has 1 unspecified atom stereocenters.